The predicted molar refractivity (Wildman–Crippen MR) is 171 cm³/mol. The van der Waals surface area contributed by atoms with Gasteiger partial charge in [0, 0.05) is 60.0 Å². The highest BCUT2D eigenvalue weighted by molar-refractivity contribution is 6.32. The number of non-ortho nitro benzene ring substituents is 1. The normalized spacial score (nSPS) is 16.9. The number of ketones is 2. The topological polar surface area (TPSA) is 99.0 Å². The lowest BCUT2D eigenvalue weighted by Gasteiger charge is -2.44. The van der Waals surface area contributed by atoms with Crippen molar-refractivity contribution >= 4 is 28.9 Å². The Bertz CT molecular complexity index is 1650. The quantitative estimate of drug-likeness (QED) is 0.167. The van der Waals surface area contributed by atoms with E-state index in [0.29, 0.717) is 53.7 Å². The van der Waals surface area contributed by atoms with Crippen molar-refractivity contribution in [2.24, 2.45) is 0 Å². The number of nitrogens with zero attached hydrogens (tertiary/aromatic N) is 2. The Balaban J connectivity index is 1.39. The Morgan fingerprint density at radius 1 is 0.867 bits per heavy atom. The minimum Gasteiger partial charge on any atom is -0.490 e. The first-order valence-electron chi connectivity index (χ1n) is 15.5. The second-order valence-electron chi connectivity index (χ2n) is 11.6. The van der Waals surface area contributed by atoms with Gasteiger partial charge in [-0.25, -0.2) is 0 Å². The van der Waals surface area contributed by atoms with Crippen molar-refractivity contribution in [1.29, 1.82) is 0 Å². The summed E-state index contributed by atoms with van der Waals surface area (Å²) in [6.45, 7) is 3.04. The van der Waals surface area contributed by atoms with Crippen molar-refractivity contribution in [2.45, 2.75) is 64.4 Å². The molecular weight excluding hydrogens is 592 g/mol. The molecule has 0 fully saturated rings. The van der Waals surface area contributed by atoms with Crippen LogP contribution in [0.15, 0.2) is 89.3 Å². The zero-order valence-electron chi connectivity index (χ0n) is 25.2. The average Bonchev–Trinajstić information content (AvgIpc) is 3.04. The molecule has 9 heteroatoms. The molecule has 0 spiro atoms. The van der Waals surface area contributed by atoms with Crippen LogP contribution in [0.25, 0.3) is 0 Å². The summed E-state index contributed by atoms with van der Waals surface area (Å²) in [5, 5.41) is 11.3. The second kappa shape index (κ2) is 13.3. The van der Waals surface area contributed by atoms with E-state index in [1.807, 2.05) is 31.2 Å². The number of nitro groups is 1. The Morgan fingerprint density at radius 2 is 1.51 bits per heavy atom. The van der Waals surface area contributed by atoms with E-state index in [-0.39, 0.29) is 23.9 Å². The van der Waals surface area contributed by atoms with Gasteiger partial charge < -0.3 is 14.4 Å². The van der Waals surface area contributed by atoms with Crippen LogP contribution in [0.3, 0.4) is 0 Å². The van der Waals surface area contributed by atoms with Crippen LogP contribution in [0.2, 0.25) is 5.02 Å². The van der Waals surface area contributed by atoms with Gasteiger partial charge in [0.25, 0.3) is 5.69 Å². The van der Waals surface area contributed by atoms with Crippen LogP contribution in [0.1, 0.15) is 68.1 Å². The largest absolute Gasteiger partial charge is 0.490 e. The Kier molecular flexibility index (Phi) is 9.03. The third-order valence-corrected chi connectivity index (χ3v) is 9.03. The number of halogens is 1. The van der Waals surface area contributed by atoms with Gasteiger partial charge in [0.15, 0.2) is 23.1 Å². The van der Waals surface area contributed by atoms with Crippen LogP contribution in [-0.4, -0.2) is 34.5 Å². The molecule has 3 aliphatic rings. The first-order chi connectivity index (χ1) is 21.9. The molecule has 0 bridgehead atoms. The zero-order chi connectivity index (χ0) is 31.5. The molecule has 0 saturated heterocycles. The van der Waals surface area contributed by atoms with Crippen LogP contribution < -0.4 is 9.47 Å². The molecule has 45 heavy (non-hydrogen) atoms. The van der Waals surface area contributed by atoms with Crippen molar-refractivity contribution in [1.82, 2.24) is 4.90 Å². The molecule has 232 valence electrons. The molecule has 0 radical (unpaired) electrons. The lowest BCUT2D eigenvalue weighted by molar-refractivity contribution is -0.384. The smallest absolute Gasteiger partial charge is 0.269 e. The van der Waals surface area contributed by atoms with E-state index in [2.05, 4.69) is 17.0 Å². The number of nitro benzene ring substituents is 1. The molecule has 6 rings (SSSR count). The van der Waals surface area contributed by atoms with Gasteiger partial charge in [-0.3, -0.25) is 19.7 Å². The molecule has 0 aromatic heterocycles. The summed E-state index contributed by atoms with van der Waals surface area (Å²) < 4.78 is 12.1. The van der Waals surface area contributed by atoms with Gasteiger partial charge in [0.05, 0.1) is 16.6 Å². The van der Waals surface area contributed by atoms with E-state index in [1.54, 1.807) is 18.2 Å². The first-order valence-corrected chi connectivity index (χ1v) is 15.9. The third-order valence-electron chi connectivity index (χ3n) is 8.75. The second-order valence-corrected chi connectivity index (χ2v) is 12.0. The van der Waals surface area contributed by atoms with Crippen molar-refractivity contribution < 1.29 is 24.0 Å². The number of allylic oxidation sites excluding steroid dienone is 4. The number of hydrogen-bond acceptors (Lipinski definition) is 7. The van der Waals surface area contributed by atoms with Crippen LogP contribution in [0, 0.1) is 10.1 Å². The zero-order valence-corrected chi connectivity index (χ0v) is 26.0. The van der Waals surface area contributed by atoms with Gasteiger partial charge in [-0.15, -0.1) is 0 Å². The van der Waals surface area contributed by atoms with Gasteiger partial charge in [0.2, 0.25) is 0 Å². The number of carbonyl (C=O) groups is 2. The van der Waals surface area contributed by atoms with Crippen LogP contribution in [-0.2, 0) is 22.6 Å². The van der Waals surface area contributed by atoms with E-state index in [0.717, 1.165) is 54.6 Å². The number of carbonyl (C=O) groups excluding carboxylic acids is 2. The number of hydrogen-bond donors (Lipinski definition) is 0. The molecule has 0 saturated carbocycles. The lowest BCUT2D eigenvalue weighted by atomic mass is 9.71. The van der Waals surface area contributed by atoms with Gasteiger partial charge in [-0.1, -0.05) is 41.9 Å². The van der Waals surface area contributed by atoms with E-state index in [4.69, 9.17) is 21.1 Å². The molecule has 3 aromatic rings. The molecule has 0 amide bonds. The maximum absolute atomic E-state index is 13.8. The SMILES string of the molecule is CCOc1cc(C2C3=C(CCCC3=O)N(CCc3ccccc3)C3=C2C(=O)CCC3)cc(Cl)c1OCc1ccc([N+](=O)[O-])cc1. The third kappa shape index (κ3) is 6.25. The monoisotopic (exact) mass is 626 g/mol. The van der Waals surface area contributed by atoms with Crippen molar-refractivity contribution in [2.75, 3.05) is 13.2 Å². The lowest BCUT2D eigenvalue weighted by Crippen LogP contribution is -2.40. The Hall–Kier alpha value is -4.43. The molecule has 0 N–H and O–H groups in total. The number of rotatable bonds is 10. The fourth-order valence-corrected chi connectivity index (χ4v) is 7.01. The minimum absolute atomic E-state index is 0.000813. The fraction of sp³-hybridized carbons (Fsp3) is 0.333. The maximum Gasteiger partial charge on any atom is 0.269 e. The number of ether oxygens (including phenoxy) is 2. The molecule has 3 aromatic carbocycles. The molecule has 1 aliphatic heterocycles. The standard InChI is InChI=1S/C36H35ClN2O6/c1-2-44-32-21-25(20-27(37)36(32)45-22-24-14-16-26(17-15-24)39(42)43)33-34-28(10-6-12-30(34)40)38(19-18-23-8-4-3-5-9-23)29-11-7-13-31(41)35(29)33/h3-5,8-9,14-17,20-21,33H,2,6-7,10-13,18-19,22H2,1H3. The highest BCUT2D eigenvalue weighted by atomic mass is 35.5. The van der Waals surface area contributed by atoms with E-state index >= 15 is 0 Å². The Morgan fingerprint density at radius 3 is 2.11 bits per heavy atom. The van der Waals surface area contributed by atoms with Crippen molar-refractivity contribution in [3.63, 3.8) is 0 Å². The van der Waals surface area contributed by atoms with Gasteiger partial charge in [-0.2, -0.15) is 0 Å². The summed E-state index contributed by atoms with van der Waals surface area (Å²) in [6, 6.07) is 20.1. The summed E-state index contributed by atoms with van der Waals surface area (Å²) in [4.78, 5) is 40.4. The summed E-state index contributed by atoms with van der Waals surface area (Å²) in [5.41, 5.74) is 6.12. The van der Waals surface area contributed by atoms with Gasteiger partial charge in [0.1, 0.15) is 6.61 Å². The van der Waals surface area contributed by atoms with Crippen LogP contribution in [0.4, 0.5) is 5.69 Å². The first kappa shape index (κ1) is 30.6. The molecule has 0 atom stereocenters. The number of Topliss-reactive ketones (excluding diaryl/α,β-unsaturated/α-hetero) is 2. The van der Waals surface area contributed by atoms with E-state index in [1.165, 1.54) is 17.7 Å². The minimum atomic E-state index is -0.524. The van der Waals surface area contributed by atoms with Crippen molar-refractivity contribution in [3.05, 3.63) is 121 Å². The highest BCUT2D eigenvalue weighted by Crippen LogP contribution is 2.51. The molecule has 1 heterocycles. The predicted octanol–water partition coefficient (Wildman–Crippen LogP) is 7.88. The molecule has 0 unspecified atom stereocenters. The van der Waals surface area contributed by atoms with Crippen molar-refractivity contribution in [3.8, 4) is 11.5 Å². The van der Waals surface area contributed by atoms with E-state index < -0.39 is 10.8 Å². The summed E-state index contributed by atoms with van der Waals surface area (Å²) in [6.07, 6.45) is 4.82. The average molecular weight is 627 g/mol. The maximum atomic E-state index is 13.8. The van der Waals surface area contributed by atoms with E-state index in [9.17, 15) is 19.7 Å². The van der Waals surface area contributed by atoms with Crippen LogP contribution in [0.5, 0.6) is 11.5 Å². The van der Waals surface area contributed by atoms with Gasteiger partial charge in [-0.05, 0) is 80.0 Å². The van der Waals surface area contributed by atoms with Crippen LogP contribution >= 0.6 is 11.6 Å². The summed E-state index contributed by atoms with van der Waals surface area (Å²) in [5.74, 6) is 0.384. The fourth-order valence-electron chi connectivity index (χ4n) is 6.73. The Labute approximate surface area is 267 Å². The van der Waals surface area contributed by atoms with Gasteiger partial charge >= 0.3 is 0 Å². The summed E-state index contributed by atoms with van der Waals surface area (Å²) in [7, 11) is 0. The molecule has 8 nitrogen and oxygen atoms in total. The highest BCUT2D eigenvalue weighted by Gasteiger charge is 2.43. The number of benzene rings is 3. The molecular formula is C36H35ClN2O6. The molecule has 2 aliphatic carbocycles. The summed E-state index contributed by atoms with van der Waals surface area (Å²) >= 11 is 6.89.